The maximum absolute atomic E-state index is 5.91. The first kappa shape index (κ1) is 22.3. The van der Waals surface area contributed by atoms with Crippen molar-refractivity contribution < 1.29 is 14.5 Å². The molecule has 152 valence electrons. The summed E-state index contributed by atoms with van der Waals surface area (Å²) in [6, 6.07) is 0. The minimum absolute atomic E-state index is 0.152. The summed E-state index contributed by atoms with van der Waals surface area (Å²) in [6.07, 6.45) is 13.2. The van der Waals surface area contributed by atoms with Crippen molar-refractivity contribution in [2.75, 3.05) is 25.6 Å². The van der Waals surface area contributed by atoms with Crippen LogP contribution in [0.1, 0.15) is 45.4 Å². The van der Waals surface area contributed by atoms with Crippen LogP contribution in [-0.4, -0.2) is 50.9 Å². The summed E-state index contributed by atoms with van der Waals surface area (Å²) >= 11 is 3.47. The fraction of sp³-hybridized carbons (Fsp3) is 0.667. The topological polar surface area (TPSA) is 85.0 Å². The number of hydrogen-bond acceptors (Lipinski definition) is 7. The molecular weight excluding hydrogens is 384 g/mol. The number of aromatic amines is 2. The predicted octanol–water partition coefficient (Wildman–Crippen LogP) is 4.67. The number of rotatable bonds is 17. The second-order valence-electron chi connectivity index (χ2n) is 5.95. The van der Waals surface area contributed by atoms with Gasteiger partial charge in [0.15, 0.2) is 0 Å². The molecule has 1 unspecified atom stereocenters. The summed E-state index contributed by atoms with van der Waals surface area (Å²) < 4.78 is 5.91. The second kappa shape index (κ2) is 15.0. The monoisotopic (exact) mass is 414 g/mol. The van der Waals surface area contributed by atoms with Crippen molar-refractivity contribution in [2.45, 2.75) is 60.9 Å². The van der Waals surface area contributed by atoms with E-state index in [4.69, 9.17) is 14.5 Å². The Morgan fingerprint density at radius 1 is 0.926 bits per heavy atom. The summed E-state index contributed by atoms with van der Waals surface area (Å²) in [5, 5.41) is 2.15. The fourth-order valence-corrected chi connectivity index (χ4v) is 4.05. The fourth-order valence-electron chi connectivity index (χ4n) is 2.23. The molecule has 1 atom stereocenters. The zero-order valence-corrected chi connectivity index (χ0v) is 17.5. The Morgan fingerprint density at radius 2 is 1.63 bits per heavy atom. The second-order valence-corrected chi connectivity index (χ2v) is 8.28. The molecule has 7 nitrogen and oxygen atoms in total. The normalized spacial score (nSPS) is 12.5. The van der Waals surface area contributed by atoms with Gasteiger partial charge in [-0.2, -0.15) is 0 Å². The highest BCUT2D eigenvalue weighted by atomic mass is 32.2. The van der Waals surface area contributed by atoms with Gasteiger partial charge in [-0.15, -0.1) is 11.8 Å². The molecule has 2 aromatic heterocycles. The van der Waals surface area contributed by atoms with Crippen LogP contribution in [0.2, 0.25) is 0 Å². The van der Waals surface area contributed by atoms with Gasteiger partial charge in [-0.05, 0) is 44.3 Å². The smallest absolute Gasteiger partial charge is 0.109 e. The number of nitrogens with one attached hydrogen (secondary N) is 2. The SMILES string of the molecule is CCCOC(CCCCOOCCCCSc1cnc[nH]1)Sc1cnc[nH]1. The highest BCUT2D eigenvalue weighted by molar-refractivity contribution is 7.99. The Labute approximate surface area is 169 Å². The van der Waals surface area contributed by atoms with E-state index in [0.717, 1.165) is 60.9 Å². The van der Waals surface area contributed by atoms with Crippen molar-refractivity contribution in [3.8, 4) is 0 Å². The summed E-state index contributed by atoms with van der Waals surface area (Å²) in [5.41, 5.74) is 0.152. The van der Waals surface area contributed by atoms with Gasteiger partial charge in [-0.3, -0.25) is 0 Å². The lowest BCUT2D eigenvalue weighted by atomic mass is 10.2. The molecule has 0 bridgehead atoms. The van der Waals surface area contributed by atoms with Gasteiger partial charge >= 0.3 is 0 Å². The van der Waals surface area contributed by atoms with Crippen LogP contribution in [0.15, 0.2) is 35.1 Å². The third-order valence-electron chi connectivity index (χ3n) is 3.59. The molecule has 0 amide bonds. The van der Waals surface area contributed by atoms with Gasteiger partial charge in [0, 0.05) is 6.61 Å². The van der Waals surface area contributed by atoms with Gasteiger partial charge < -0.3 is 14.7 Å². The lowest BCUT2D eigenvalue weighted by molar-refractivity contribution is -0.295. The summed E-state index contributed by atoms with van der Waals surface area (Å²) in [5.74, 6) is 1.05. The largest absolute Gasteiger partial charge is 0.367 e. The number of ether oxygens (including phenoxy) is 1. The van der Waals surface area contributed by atoms with Crippen molar-refractivity contribution in [3.63, 3.8) is 0 Å². The molecule has 0 aliphatic rings. The molecule has 0 saturated carbocycles. The van der Waals surface area contributed by atoms with Crippen molar-refractivity contribution in [3.05, 3.63) is 25.0 Å². The number of nitrogens with zero attached hydrogens (tertiary/aromatic N) is 2. The molecule has 2 N–H and O–H groups in total. The van der Waals surface area contributed by atoms with Crippen molar-refractivity contribution >= 4 is 23.5 Å². The van der Waals surface area contributed by atoms with Crippen LogP contribution in [0.25, 0.3) is 0 Å². The molecule has 2 rings (SSSR count). The van der Waals surface area contributed by atoms with E-state index in [-0.39, 0.29) is 5.44 Å². The van der Waals surface area contributed by atoms with Gasteiger partial charge in [-0.25, -0.2) is 19.7 Å². The molecule has 0 aliphatic heterocycles. The quantitative estimate of drug-likeness (QED) is 0.128. The first-order valence-electron chi connectivity index (χ1n) is 9.50. The number of H-pyrrole nitrogens is 2. The zero-order valence-electron chi connectivity index (χ0n) is 15.9. The lowest BCUT2D eigenvalue weighted by Crippen LogP contribution is -2.10. The van der Waals surface area contributed by atoms with E-state index in [1.807, 2.05) is 12.4 Å². The van der Waals surface area contributed by atoms with Gasteiger partial charge in [0.1, 0.15) is 5.44 Å². The van der Waals surface area contributed by atoms with Crippen molar-refractivity contribution in [1.29, 1.82) is 0 Å². The molecule has 9 heteroatoms. The molecule has 0 spiro atoms. The maximum atomic E-state index is 5.91. The first-order chi connectivity index (χ1) is 13.4. The molecule has 0 aromatic carbocycles. The van der Waals surface area contributed by atoms with Gasteiger partial charge in [-0.1, -0.05) is 18.7 Å². The molecule has 0 aliphatic carbocycles. The summed E-state index contributed by atoms with van der Waals surface area (Å²) in [7, 11) is 0. The average molecular weight is 415 g/mol. The molecule has 0 fully saturated rings. The Bertz CT molecular complexity index is 555. The third-order valence-corrected chi connectivity index (χ3v) is 5.73. The van der Waals surface area contributed by atoms with E-state index in [1.165, 1.54) is 0 Å². The Balaban J connectivity index is 1.40. The minimum atomic E-state index is 0.152. The number of unbranched alkanes of at least 4 members (excludes halogenated alkanes) is 2. The van der Waals surface area contributed by atoms with Crippen LogP contribution >= 0.6 is 23.5 Å². The van der Waals surface area contributed by atoms with E-state index in [2.05, 4.69) is 26.9 Å². The van der Waals surface area contributed by atoms with Crippen LogP contribution in [0, 0.1) is 0 Å². The highest BCUT2D eigenvalue weighted by Gasteiger charge is 2.11. The van der Waals surface area contributed by atoms with Crippen molar-refractivity contribution in [1.82, 2.24) is 19.9 Å². The average Bonchev–Trinajstić information content (AvgIpc) is 3.38. The molecular formula is C18H30N4O3S2. The van der Waals surface area contributed by atoms with E-state index < -0.39 is 0 Å². The van der Waals surface area contributed by atoms with Crippen LogP contribution in [0.3, 0.4) is 0 Å². The van der Waals surface area contributed by atoms with Crippen LogP contribution in [-0.2, 0) is 14.5 Å². The van der Waals surface area contributed by atoms with E-state index in [1.54, 1.807) is 36.2 Å². The van der Waals surface area contributed by atoms with Gasteiger partial charge in [0.25, 0.3) is 0 Å². The third kappa shape index (κ3) is 10.8. The standard InChI is InChI=1S/C18H30N4O3S2/c1-2-8-23-18(27-17-13-20-15-22-17)7-3-4-9-24-25-10-5-6-11-26-16-12-19-14-21-16/h12-15,18H,2-11H2,1H3,(H,19,21)(H,20,22). The summed E-state index contributed by atoms with van der Waals surface area (Å²) in [4.78, 5) is 24.8. The van der Waals surface area contributed by atoms with E-state index in [0.29, 0.717) is 13.2 Å². The molecule has 27 heavy (non-hydrogen) atoms. The summed E-state index contributed by atoms with van der Waals surface area (Å²) in [6.45, 7) is 4.17. The van der Waals surface area contributed by atoms with Gasteiger partial charge in [0.2, 0.25) is 0 Å². The molecule has 2 heterocycles. The number of imidazole rings is 2. The van der Waals surface area contributed by atoms with Crippen LogP contribution < -0.4 is 0 Å². The Hall–Kier alpha value is -1.00. The molecule has 2 aromatic rings. The Kier molecular flexibility index (Phi) is 12.4. The Morgan fingerprint density at radius 3 is 2.30 bits per heavy atom. The van der Waals surface area contributed by atoms with Crippen LogP contribution in [0.4, 0.5) is 0 Å². The number of thioether (sulfide) groups is 2. The number of aromatic nitrogens is 4. The molecule has 0 saturated heterocycles. The van der Waals surface area contributed by atoms with E-state index >= 15 is 0 Å². The first-order valence-corrected chi connectivity index (χ1v) is 11.4. The maximum Gasteiger partial charge on any atom is 0.109 e. The van der Waals surface area contributed by atoms with Crippen molar-refractivity contribution in [2.24, 2.45) is 0 Å². The zero-order chi connectivity index (χ0) is 19.0. The van der Waals surface area contributed by atoms with Gasteiger partial charge in [0.05, 0.1) is 48.3 Å². The lowest BCUT2D eigenvalue weighted by Gasteiger charge is -2.16. The predicted molar refractivity (Wildman–Crippen MR) is 109 cm³/mol. The number of hydrogen-bond donors (Lipinski definition) is 2. The minimum Gasteiger partial charge on any atom is -0.367 e. The molecule has 0 radical (unpaired) electrons. The highest BCUT2D eigenvalue weighted by Crippen LogP contribution is 2.25. The van der Waals surface area contributed by atoms with E-state index in [9.17, 15) is 0 Å². The van der Waals surface area contributed by atoms with Crippen LogP contribution in [0.5, 0.6) is 0 Å².